The van der Waals surface area contributed by atoms with Crippen LogP contribution < -0.4 is 31.1 Å². The Bertz CT molecular complexity index is 3680. The number of rotatable bonds is 5. The lowest BCUT2D eigenvalue weighted by molar-refractivity contribution is 0.215. The van der Waals surface area contributed by atoms with E-state index in [-0.39, 0.29) is 44.7 Å². The van der Waals surface area contributed by atoms with Crippen LogP contribution in [0.3, 0.4) is 0 Å². The summed E-state index contributed by atoms with van der Waals surface area (Å²) in [4.78, 5) is 8.21. The van der Waals surface area contributed by atoms with Gasteiger partial charge in [0.05, 0.1) is 11.2 Å². The third-order valence-corrected chi connectivity index (χ3v) is 18.9. The Labute approximate surface area is 475 Å². The molecule has 4 heteroatoms. The number of nitrogens with zero attached hydrogens (tertiary/aromatic N) is 3. The van der Waals surface area contributed by atoms with Crippen LogP contribution in [0.4, 0.5) is 45.5 Å². The van der Waals surface area contributed by atoms with E-state index in [2.05, 4.69) is 295 Å². The molecule has 4 aliphatic rings. The predicted molar refractivity (Wildman–Crippen MR) is 342 cm³/mol. The van der Waals surface area contributed by atoms with Crippen molar-refractivity contribution in [2.24, 2.45) is 0 Å². The molecule has 0 amide bonds. The van der Waals surface area contributed by atoms with Gasteiger partial charge in [-0.15, -0.1) is 0 Å². The van der Waals surface area contributed by atoms with E-state index in [1.54, 1.807) is 0 Å². The Kier molecular flexibility index (Phi) is 12.1. The third-order valence-electron chi connectivity index (χ3n) is 18.9. The molecule has 79 heavy (non-hydrogen) atoms. The summed E-state index contributed by atoms with van der Waals surface area (Å²) >= 11 is 0. The summed E-state index contributed by atoms with van der Waals surface area (Å²) in [6.45, 7) is 37.9. The normalized spacial score (nSPS) is 18.9. The lowest BCUT2D eigenvalue weighted by Crippen LogP contribution is -2.61. The van der Waals surface area contributed by atoms with E-state index in [1.807, 2.05) is 0 Å². The molecule has 2 atom stereocenters. The van der Waals surface area contributed by atoms with E-state index < -0.39 is 0 Å². The van der Waals surface area contributed by atoms with E-state index in [1.165, 1.54) is 125 Å². The fourth-order valence-corrected chi connectivity index (χ4v) is 14.4. The molecule has 0 aromatic heterocycles. The highest BCUT2D eigenvalue weighted by atomic mass is 15.3. The molecule has 0 radical (unpaired) electrons. The molecular weight excluding hydrogens is 954 g/mol. The summed E-state index contributed by atoms with van der Waals surface area (Å²) in [6, 6.07) is 67.5. The van der Waals surface area contributed by atoms with Gasteiger partial charge in [-0.1, -0.05) is 232 Å². The van der Waals surface area contributed by atoms with Gasteiger partial charge in [0.15, 0.2) is 0 Å². The molecule has 8 aromatic rings. The van der Waals surface area contributed by atoms with Crippen molar-refractivity contribution < 1.29 is 0 Å². The highest BCUT2D eigenvalue weighted by Crippen LogP contribution is 2.65. The SMILES string of the molecule is CC(C)(C)c1ccc(C23CCCCC2(C)N(c2cc4c5c(c2)N(c2ccc(C(C)(C)C)cc2-c2ccccc2)c2ccccc2B5c2ccc(C(C)(C)C)cc2N4c2cccc(C(C)(C)C)c2)c2ccc(C(C)(C)C)cc23)cc1. The molecular formula is C75H84BN3. The van der Waals surface area contributed by atoms with Crippen LogP contribution in [0.15, 0.2) is 170 Å². The fraction of sp³-hybridized carbons (Fsp3) is 0.360. The third kappa shape index (κ3) is 8.43. The molecule has 3 aliphatic heterocycles. The second-order valence-corrected chi connectivity index (χ2v) is 29.3. The van der Waals surface area contributed by atoms with Crippen molar-refractivity contribution >= 4 is 68.6 Å². The molecule has 1 saturated carbocycles. The Balaban J connectivity index is 1.23. The fourth-order valence-electron chi connectivity index (χ4n) is 14.4. The number of fused-ring (bicyclic) bond motifs is 7. The van der Waals surface area contributed by atoms with Gasteiger partial charge in [-0.2, -0.15) is 0 Å². The number of anilines is 8. The van der Waals surface area contributed by atoms with Gasteiger partial charge in [0, 0.05) is 50.8 Å². The van der Waals surface area contributed by atoms with Crippen molar-refractivity contribution in [1.82, 2.24) is 0 Å². The van der Waals surface area contributed by atoms with E-state index in [0.717, 1.165) is 12.8 Å². The lowest BCUT2D eigenvalue weighted by Gasteiger charge is -2.53. The molecule has 0 bridgehead atoms. The number of hydrogen-bond donors (Lipinski definition) is 0. The molecule has 8 aromatic carbocycles. The molecule has 1 fully saturated rings. The Morgan fingerprint density at radius 3 is 1.57 bits per heavy atom. The largest absolute Gasteiger partial charge is 0.334 e. The Morgan fingerprint density at radius 1 is 0.380 bits per heavy atom. The average molecular weight is 1040 g/mol. The number of para-hydroxylation sites is 1. The first-order chi connectivity index (χ1) is 37.2. The van der Waals surface area contributed by atoms with Gasteiger partial charge < -0.3 is 14.7 Å². The van der Waals surface area contributed by atoms with Crippen LogP contribution in [0.2, 0.25) is 0 Å². The van der Waals surface area contributed by atoms with E-state index in [0.29, 0.717) is 0 Å². The van der Waals surface area contributed by atoms with E-state index in [9.17, 15) is 0 Å². The van der Waals surface area contributed by atoms with Crippen molar-refractivity contribution in [2.75, 3.05) is 14.7 Å². The maximum absolute atomic E-state index is 2.86. The van der Waals surface area contributed by atoms with Crippen LogP contribution in [-0.2, 0) is 32.5 Å². The molecule has 402 valence electrons. The van der Waals surface area contributed by atoms with Crippen molar-refractivity contribution in [1.29, 1.82) is 0 Å². The van der Waals surface area contributed by atoms with Gasteiger partial charge >= 0.3 is 0 Å². The molecule has 12 rings (SSSR count). The minimum atomic E-state index is -0.308. The smallest absolute Gasteiger partial charge is 0.252 e. The molecule has 1 aliphatic carbocycles. The zero-order valence-corrected chi connectivity index (χ0v) is 50.4. The molecule has 3 heterocycles. The van der Waals surface area contributed by atoms with Crippen molar-refractivity contribution in [3.8, 4) is 11.1 Å². The van der Waals surface area contributed by atoms with E-state index in [4.69, 9.17) is 0 Å². The van der Waals surface area contributed by atoms with Gasteiger partial charge in [-0.3, -0.25) is 0 Å². The maximum atomic E-state index is 2.86. The minimum absolute atomic E-state index is 0.0162. The topological polar surface area (TPSA) is 9.72 Å². The quantitative estimate of drug-likeness (QED) is 0.159. The summed E-state index contributed by atoms with van der Waals surface area (Å²) in [5, 5.41) is 0. The second kappa shape index (κ2) is 18.1. The van der Waals surface area contributed by atoms with Crippen LogP contribution in [0.25, 0.3) is 11.1 Å². The van der Waals surface area contributed by atoms with Crippen LogP contribution in [0, 0.1) is 0 Å². The second-order valence-electron chi connectivity index (χ2n) is 29.3. The highest BCUT2D eigenvalue weighted by Gasteiger charge is 2.62. The van der Waals surface area contributed by atoms with Gasteiger partial charge in [0.1, 0.15) is 0 Å². The lowest BCUT2D eigenvalue weighted by atomic mass is 9.33. The molecule has 0 spiro atoms. The standard InChI is InChI=1S/C75H84BN3/c1-69(2,3)50-31-33-51(34-32-50)75-42-23-22-41-74(75,16)79(63-40-37-54(45-59(63)75)72(10,11)12)57-47-66-68-67(48-57)78(62-39-36-53(71(7,8)9)44-58(62)49-25-18-17-19-26-49)64-30-21-20-29-60(64)76(68)61-38-35-55(73(13,14)15)46-65(61)77(66)56-28-24-27-52(43-56)70(4,5)6/h17-21,24-40,43-48H,22-23,41-42H2,1-16H3. The van der Waals surface area contributed by atoms with Crippen LogP contribution in [0.1, 0.15) is 175 Å². The van der Waals surface area contributed by atoms with Crippen molar-refractivity contribution in [3.63, 3.8) is 0 Å². The maximum Gasteiger partial charge on any atom is 0.252 e. The average Bonchev–Trinajstić information content (AvgIpc) is 2.24. The number of benzene rings is 8. The van der Waals surface area contributed by atoms with Crippen LogP contribution >= 0.6 is 0 Å². The molecule has 0 saturated heterocycles. The predicted octanol–water partition coefficient (Wildman–Crippen LogP) is 18.7. The molecule has 0 N–H and O–H groups in total. The van der Waals surface area contributed by atoms with Gasteiger partial charge in [-0.25, -0.2) is 0 Å². The Hall–Kier alpha value is -6.78. The summed E-state index contributed by atoms with van der Waals surface area (Å²) in [5.74, 6) is 0. The van der Waals surface area contributed by atoms with Crippen molar-refractivity contribution in [3.05, 3.63) is 209 Å². The summed E-state index contributed by atoms with van der Waals surface area (Å²) < 4.78 is 0. The Morgan fingerprint density at radius 2 is 0.911 bits per heavy atom. The summed E-state index contributed by atoms with van der Waals surface area (Å²) in [5.41, 5.74) is 25.3. The summed E-state index contributed by atoms with van der Waals surface area (Å²) in [7, 11) is 0. The summed E-state index contributed by atoms with van der Waals surface area (Å²) in [6.07, 6.45) is 4.51. The van der Waals surface area contributed by atoms with Crippen LogP contribution in [0.5, 0.6) is 0 Å². The molecule has 2 unspecified atom stereocenters. The minimum Gasteiger partial charge on any atom is -0.334 e. The van der Waals surface area contributed by atoms with Gasteiger partial charge in [0.25, 0.3) is 6.71 Å². The molecule has 3 nitrogen and oxygen atoms in total. The van der Waals surface area contributed by atoms with Gasteiger partial charge in [-0.05, 0) is 162 Å². The van der Waals surface area contributed by atoms with Gasteiger partial charge in [0.2, 0.25) is 0 Å². The highest BCUT2D eigenvalue weighted by molar-refractivity contribution is 7.00. The number of hydrogen-bond acceptors (Lipinski definition) is 3. The van der Waals surface area contributed by atoms with Crippen molar-refractivity contribution in [2.45, 2.75) is 174 Å². The first-order valence-corrected chi connectivity index (χ1v) is 29.6. The zero-order valence-electron chi connectivity index (χ0n) is 50.4. The van der Waals surface area contributed by atoms with E-state index >= 15 is 0 Å². The first-order valence-electron chi connectivity index (χ1n) is 29.6. The zero-order chi connectivity index (χ0) is 56.0. The first kappa shape index (κ1) is 52.9. The van der Waals surface area contributed by atoms with Crippen LogP contribution in [-0.4, -0.2) is 12.3 Å². The monoisotopic (exact) mass is 1040 g/mol.